The van der Waals surface area contributed by atoms with E-state index in [-0.39, 0.29) is 41.1 Å². The quantitative estimate of drug-likeness (QED) is 0.704. The van der Waals surface area contributed by atoms with E-state index in [1.807, 2.05) is 6.92 Å². The Morgan fingerprint density at radius 2 is 2.29 bits per heavy atom. The van der Waals surface area contributed by atoms with Gasteiger partial charge in [-0.2, -0.15) is 0 Å². The van der Waals surface area contributed by atoms with Gasteiger partial charge >= 0.3 is 0 Å². The Hall–Kier alpha value is -0.270. The molecular formula is C10H19NO4S2. The Labute approximate surface area is 106 Å². The minimum absolute atomic E-state index is 0.0416. The maximum absolute atomic E-state index is 11.5. The van der Waals surface area contributed by atoms with Crippen LogP contribution < -0.4 is 5.32 Å². The Kier molecular flexibility index (Phi) is 5.75. The molecule has 0 aromatic carbocycles. The number of sulfone groups is 1. The maximum atomic E-state index is 11.5. The molecule has 0 spiro atoms. The fourth-order valence-corrected chi connectivity index (χ4v) is 5.09. The first-order valence-corrected chi connectivity index (χ1v) is 8.56. The van der Waals surface area contributed by atoms with Crippen LogP contribution in [0.15, 0.2) is 0 Å². The molecule has 5 nitrogen and oxygen atoms in total. The molecule has 100 valence electrons. The average molecular weight is 281 g/mol. The van der Waals surface area contributed by atoms with Crippen molar-refractivity contribution in [1.29, 1.82) is 0 Å². The smallest absolute Gasteiger partial charge is 0.230 e. The minimum Gasteiger partial charge on any atom is -0.394 e. The van der Waals surface area contributed by atoms with Crippen molar-refractivity contribution in [2.45, 2.75) is 31.1 Å². The first-order chi connectivity index (χ1) is 7.96. The molecule has 0 aromatic heterocycles. The molecule has 2 atom stereocenters. The van der Waals surface area contributed by atoms with E-state index in [1.165, 1.54) is 11.8 Å². The van der Waals surface area contributed by atoms with Crippen LogP contribution in [0.1, 0.15) is 19.8 Å². The first kappa shape index (κ1) is 14.8. The summed E-state index contributed by atoms with van der Waals surface area (Å²) < 4.78 is 22.4. The molecule has 1 fully saturated rings. The molecule has 1 aliphatic heterocycles. The van der Waals surface area contributed by atoms with Gasteiger partial charge in [0.2, 0.25) is 5.91 Å². The van der Waals surface area contributed by atoms with Crippen molar-refractivity contribution in [2.75, 3.05) is 23.9 Å². The number of carbonyl (C=O) groups is 1. The highest BCUT2D eigenvalue weighted by atomic mass is 32.2. The molecule has 0 saturated carbocycles. The minimum atomic E-state index is -2.87. The Morgan fingerprint density at radius 3 is 2.76 bits per heavy atom. The van der Waals surface area contributed by atoms with Gasteiger partial charge in [0.05, 0.1) is 29.9 Å². The summed E-state index contributed by atoms with van der Waals surface area (Å²) in [6, 6.07) is -0.199. The number of hydrogen-bond donors (Lipinski definition) is 2. The van der Waals surface area contributed by atoms with E-state index in [1.54, 1.807) is 0 Å². The number of thioether (sulfide) groups is 1. The number of carbonyl (C=O) groups excluding carboxylic acids is 1. The highest BCUT2D eigenvalue weighted by Crippen LogP contribution is 2.23. The molecule has 1 aliphatic rings. The van der Waals surface area contributed by atoms with Gasteiger partial charge in [0, 0.05) is 5.25 Å². The molecule has 1 amide bonds. The highest BCUT2D eigenvalue weighted by Gasteiger charge is 2.28. The fraction of sp³-hybridized carbons (Fsp3) is 0.900. The largest absolute Gasteiger partial charge is 0.394 e. The van der Waals surface area contributed by atoms with Crippen molar-refractivity contribution in [3.05, 3.63) is 0 Å². The van der Waals surface area contributed by atoms with Gasteiger partial charge in [-0.25, -0.2) is 8.42 Å². The third-order valence-corrected chi connectivity index (χ3v) is 6.00. The van der Waals surface area contributed by atoms with Gasteiger partial charge in [-0.1, -0.05) is 6.92 Å². The number of rotatable bonds is 6. The van der Waals surface area contributed by atoms with Crippen LogP contribution in [0.25, 0.3) is 0 Å². The number of aliphatic hydroxyl groups is 1. The molecule has 2 unspecified atom stereocenters. The number of nitrogens with one attached hydrogen (secondary N) is 1. The van der Waals surface area contributed by atoms with Gasteiger partial charge in [-0.05, 0) is 12.8 Å². The molecule has 0 aromatic rings. The Morgan fingerprint density at radius 1 is 1.59 bits per heavy atom. The zero-order chi connectivity index (χ0) is 12.9. The summed E-state index contributed by atoms with van der Waals surface area (Å²) in [6.07, 6.45) is 1.32. The molecule has 1 heterocycles. The monoisotopic (exact) mass is 281 g/mol. The van der Waals surface area contributed by atoms with Crippen molar-refractivity contribution in [3.8, 4) is 0 Å². The summed E-state index contributed by atoms with van der Waals surface area (Å²) >= 11 is 1.38. The van der Waals surface area contributed by atoms with E-state index in [0.717, 1.165) is 0 Å². The number of aliphatic hydroxyl groups excluding tert-OH is 1. The van der Waals surface area contributed by atoms with E-state index >= 15 is 0 Å². The summed E-state index contributed by atoms with van der Waals surface area (Å²) in [7, 11) is -2.87. The SMILES string of the molecule is CCC(CO)NC(=O)CSC1CCS(=O)(=O)C1. The lowest BCUT2D eigenvalue weighted by Crippen LogP contribution is -2.38. The van der Waals surface area contributed by atoms with Gasteiger partial charge in [-0.3, -0.25) is 4.79 Å². The molecule has 0 radical (unpaired) electrons. The molecule has 1 saturated heterocycles. The fourth-order valence-electron chi connectivity index (χ4n) is 1.63. The molecule has 0 bridgehead atoms. The lowest BCUT2D eigenvalue weighted by molar-refractivity contribution is -0.119. The van der Waals surface area contributed by atoms with E-state index < -0.39 is 9.84 Å². The second kappa shape index (κ2) is 6.61. The standard InChI is InChI=1S/C10H19NO4S2/c1-2-8(5-12)11-10(13)6-16-9-3-4-17(14,15)7-9/h8-9,12H,2-7H2,1H3,(H,11,13). The predicted octanol–water partition coefficient (Wildman–Crippen LogP) is -0.206. The summed E-state index contributed by atoms with van der Waals surface area (Å²) in [6.45, 7) is 1.82. The van der Waals surface area contributed by atoms with Crippen molar-refractivity contribution in [3.63, 3.8) is 0 Å². The zero-order valence-electron chi connectivity index (χ0n) is 9.89. The van der Waals surface area contributed by atoms with Gasteiger partial charge in [-0.15, -0.1) is 11.8 Å². The third kappa shape index (κ3) is 5.27. The van der Waals surface area contributed by atoms with Crippen LogP contribution in [0, 0.1) is 0 Å². The van der Waals surface area contributed by atoms with Crippen molar-refractivity contribution >= 4 is 27.5 Å². The van der Waals surface area contributed by atoms with E-state index in [0.29, 0.717) is 12.8 Å². The third-order valence-electron chi connectivity index (χ3n) is 2.72. The van der Waals surface area contributed by atoms with Crippen molar-refractivity contribution in [1.82, 2.24) is 5.32 Å². The predicted molar refractivity (Wildman–Crippen MR) is 68.8 cm³/mol. The van der Waals surface area contributed by atoms with E-state index in [9.17, 15) is 13.2 Å². The Bertz CT molecular complexity index is 351. The summed E-state index contributed by atoms with van der Waals surface area (Å²) in [5, 5.41) is 11.7. The number of amides is 1. The van der Waals surface area contributed by atoms with E-state index in [2.05, 4.69) is 5.32 Å². The average Bonchev–Trinajstić information content (AvgIpc) is 2.63. The molecular weight excluding hydrogens is 262 g/mol. The highest BCUT2D eigenvalue weighted by molar-refractivity contribution is 8.02. The second-order valence-electron chi connectivity index (χ2n) is 4.19. The summed E-state index contributed by atoms with van der Waals surface area (Å²) in [4.78, 5) is 11.5. The van der Waals surface area contributed by atoms with Crippen molar-refractivity contribution < 1.29 is 18.3 Å². The molecule has 7 heteroatoms. The molecule has 2 N–H and O–H groups in total. The van der Waals surface area contributed by atoms with Crippen LogP contribution in [0.5, 0.6) is 0 Å². The normalized spacial score (nSPS) is 24.5. The van der Waals surface area contributed by atoms with Crippen LogP contribution in [0.2, 0.25) is 0 Å². The van der Waals surface area contributed by atoms with Gasteiger partial charge in [0.1, 0.15) is 0 Å². The summed E-state index contributed by atoms with van der Waals surface area (Å²) in [5.74, 6) is 0.541. The topological polar surface area (TPSA) is 83.5 Å². The van der Waals surface area contributed by atoms with Crippen molar-refractivity contribution in [2.24, 2.45) is 0 Å². The van der Waals surface area contributed by atoms with Gasteiger partial charge in [0.25, 0.3) is 0 Å². The van der Waals surface area contributed by atoms with Crippen LogP contribution in [0.3, 0.4) is 0 Å². The molecule has 1 rings (SSSR count). The Balaban J connectivity index is 2.25. The second-order valence-corrected chi connectivity index (χ2v) is 7.71. The summed E-state index contributed by atoms with van der Waals surface area (Å²) in [5.41, 5.74) is 0. The van der Waals surface area contributed by atoms with E-state index in [4.69, 9.17) is 5.11 Å². The lowest BCUT2D eigenvalue weighted by Gasteiger charge is -2.14. The van der Waals surface area contributed by atoms with Crippen LogP contribution in [-0.2, 0) is 14.6 Å². The maximum Gasteiger partial charge on any atom is 0.230 e. The van der Waals surface area contributed by atoms with Gasteiger partial charge in [0.15, 0.2) is 9.84 Å². The lowest BCUT2D eigenvalue weighted by atomic mass is 10.2. The van der Waals surface area contributed by atoms with Crippen LogP contribution >= 0.6 is 11.8 Å². The zero-order valence-corrected chi connectivity index (χ0v) is 11.5. The molecule has 0 aliphatic carbocycles. The first-order valence-electron chi connectivity index (χ1n) is 5.69. The van der Waals surface area contributed by atoms with Crippen LogP contribution in [-0.4, -0.2) is 54.6 Å². The number of hydrogen-bond acceptors (Lipinski definition) is 5. The van der Waals surface area contributed by atoms with Gasteiger partial charge < -0.3 is 10.4 Å². The molecule has 17 heavy (non-hydrogen) atoms. The van der Waals surface area contributed by atoms with Crippen LogP contribution in [0.4, 0.5) is 0 Å².